The second-order valence-corrected chi connectivity index (χ2v) is 34.0. The first-order valence-electron chi connectivity index (χ1n) is 39.3. The number of unbranched alkanes of at least 4 members (excludes halogenated alkanes) is 4. The van der Waals surface area contributed by atoms with Crippen LogP contribution in [-0.2, 0) is 67.0 Å². The molecule has 0 unspecified atom stereocenters. The number of esters is 2. The minimum Gasteiger partial charge on any atom is -0.508 e. The normalized spacial score (nSPS) is 11.5. The van der Waals surface area contributed by atoms with Crippen molar-refractivity contribution in [2.75, 3.05) is 79.2 Å². The number of amides is 2. The molecule has 0 saturated heterocycles. The van der Waals surface area contributed by atoms with Gasteiger partial charge in [0.1, 0.15) is 52.6 Å². The summed E-state index contributed by atoms with van der Waals surface area (Å²) in [6.07, 6.45) is 7.67. The van der Waals surface area contributed by atoms with Crippen LogP contribution in [0, 0.1) is 11.5 Å². The van der Waals surface area contributed by atoms with Crippen molar-refractivity contribution in [1.29, 1.82) is 5.26 Å². The number of nitrogens with zero attached hydrogens (tertiary/aromatic N) is 1. The van der Waals surface area contributed by atoms with E-state index in [9.17, 15) is 39.6 Å². The Morgan fingerprint density at radius 1 is 0.366 bits per heavy atom. The summed E-state index contributed by atoms with van der Waals surface area (Å²) in [7, 11) is -8.34. The van der Waals surface area contributed by atoms with Crippen molar-refractivity contribution in [1.82, 2.24) is 10.6 Å². The number of phenols is 4. The van der Waals surface area contributed by atoms with Crippen LogP contribution in [0.1, 0.15) is 169 Å². The summed E-state index contributed by atoms with van der Waals surface area (Å²) in [5.41, 5.74) is 2.35. The average Bonchev–Trinajstić information content (AvgIpc) is 0.776. The lowest BCUT2D eigenvalue weighted by Gasteiger charge is -2.28. The number of nitriles is 1. The first-order chi connectivity index (χ1) is 54.2. The van der Waals surface area contributed by atoms with Crippen molar-refractivity contribution in [2.45, 2.75) is 178 Å². The highest BCUT2D eigenvalue weighted by Crippen LogP contribution is 2.41. The van der Waals surface area contributed by atoms with E-state index in [4.69, 9.17) is 64.0 Å². The third-order valence-corrected chi connectivity index (χ3v) is 27.2. The molecule has 0 heterocycles. The molecule has 28 heteroatoms. The topological polar surface area (TPSA) is 326 Å². The predicted octanol–water partition coefficient (Wildman–Crippen LogP) is 17.9. The summed E-state index contributed by atoms with van der Waals surface area (Å²) >= 11 is 0. The maximum atomic E-state index is 13.7. The van der Waals surface area contributed by atoms with Crippen LogP contribution in [0.25, 0.3) is 43.1 Å². The highest BCUT2D eigenvalue weighted by molar-refractivity contribution is 6.61. The van der Waals surface area contributed by atoms with Gasteiger partial charge in [-0.05, 0) is 217 Å². The molecule has 25 nitrogen and oxygen atoms in total. The van der Waals surface area contributed by atoms with Crippen molar-refractivity contribution in [2.24, 2.45) is 0 Å². The SMILES string of the molecule is CCCCCC(=O)Oc1ccc2ccc(OC(=O)CCCC[Si](OCC)(OCC)OCC)cc2c1Cc1c(OC(=O)NCCC[Si](OCC)(OCC)OCC)ccc2ccc(OC(=O)NCCCC)cc12.CCO[Si](CCCOC#N)(OCC)OCC.Oc1ccc2ccc(O)c(Cc3c(O)ccc4ccc(O)cc34)c2c1. The van der Waals surface area contributed by atoms with E-state index < -0.39 is 50.5 Å². The summed E-state index contributed by atoms with van der Waals surface area (Å²) in [5, 5.41) is 60.3. The van der Waals surface area contributed by atoms with E-state index in [1.807, 2.05) is 93.5 Å². The molecular weight excluding hydrogens is 1490 g/mol. The standard InChI is InChI=1S/C53H78N2O14Si2.C21H16O4.C10H21NO4Si/c1-9-17-19-23-51(57)68-48-31-27-40-25-29-42(66-50(56)24-20-21-35-70(60-11-3,61-12-4)62-13-5)37-44(40)46(48)39-47-45-38-43(67-52(58)54-33-18-10-2)30-26-41(45)28-32-49(47)69-53(59)55-34-22-36-71(63-14-6,64-15-7)65-16-8;22-14-5-1-12-3-7-20(24)18(16(12)9-14)11-19-17-10-15(23)6-2-13(17)4-8-21(19)25;1-4-13-16(14-5-2,15-6-3)9-7-8-12-10-11/h25-32,37-38H,9-24,33-36,39H2,1-8H3,(H,54,58)(H,55,59);1-10,22-25H,11H2;4-9H2,1-3H3. The van der Waals surface area contributed by atoms with Crippen molar-refractivity contribution < 1.29 is 103 Å². The van der Waals surface area contributed by atoms with E-state index in [1.54, 1.807) is 103 Å². The number of hydrogen-bond acceptors (Lipinski definition) is 23. The second kappa shape index (κ2) is 48.9. The summed E-state index contributed by atoms with van der Waals surface area (Å²) < 4.78 is 81.5. The molecular formula is C84H115N3O22Si3. The Morgan fingerprint density at radius 2 is 0.714 bits per heavy atom. The number of ether oxygens (including phenoxy) is 5. The van der Waals surface area contributed by atoms with E-state index in [2.05, 4.69) is 22.3 Å². The lowest BCUT2D eigenvalue weighted by atomic mass is 9.93. The second-order valence-electron chi connectivity index (χ2n) is 25.8. The fourth-order valence-electron chi connectivity index (χ4n) is 12.8. The van der Waals surface area contributed by atoms with Gasteiger partial charge >= 0.3 is 50.5 Å². The number of aromatic hydroxyl groups is 4. The zero-order chi connectivity index (χ0) is 81.3. The van der Waals surface area contributed by atoms with Gasteiger partial charge in [-0.3, -0.25) is 9.59 Å². The molecule has 0 aromatic heterocycles. The molecule has 0 bridgehead atoms. The van der Waals surface area contributed by atoms with Crippen LogP contribution in [0.4, 0.5) is 9.59 Å². The van der Waals surface area contributed by atoms with Gasteiger partial charge < -0.3 is 94.6 Å². The molecule has 2 amide bonds. The predicted molar refractivity (Wildman–Crippen MR) is 437 cm³/mol. The zero-order valence-corrected chi connectivity index (χ0v) is 69.9. The Morgan fingerprint density at radius 3 is 1.15 bits per heavy atom. The van der Waals surface area contributed by atoms with Crippen LogP contribution in [0.3, 0.4) is 0 Å². The molecule has 112 heavy (non-hydrogen) atoms. The van der Waals surface area contributed by atoms with Gasteiger partial charge in [-0.1, -0.05) is 81.6 Å². The van der Waals surface area contributed by atoms with E-state index in [1.165, 1.54) is 0 Å². The molecule has 0 aliphatic heterocycles. The number of carbonyl (C=O) groups is 4. The van der Waals surface area contributed by atoms with Gasteiger partial charge in [0.15, 0.2) is 0 Å². The molecule has 610 valence electrons. The summed E-state index contributed by atoms with van der Waals surface area (Å²) in [4.78, 5) is 53.4. The van der Waals surface area contributed by atoms with Gasteiger partial charge in [-0.25, -0.2) is 9.59 Å². The third-order valence-electron chi connectivity index (χ3n) is 17.8. The quantitative estimate of drug-likeness (QED) is 0.00678. The summed E-state index contributed by atoms with van der Waals surface area (Å²) in [5.74, 6) is 0.708. The van der Waals surface area contributed by atoms with Crippen LogP contribution in [0.2, 0.25) is 18.1 Å². The van der Waals surface area contributed by atoms with Crippen LogP contribution in [0.5, 0.6) is 46.0 Å². The van der Waals surface area contributed by atoms with Crippen LogP contribution in [-0.4, -0.2) is 150 Å². The van der Waals surface area contributed by atoms with Crippen molar-refractivity contribution in [3.05, 3.63) is 144 Å². The van der Waals surface area contributed by atoms with Crippen molar-refractivity contribution >= 4 is 93.6 Å². The lowest BCUT2D eigenvalue weighted by molar-refractivity contribution is -0.135. The van der Waals surface area contributed by atoms with Crippen LogP contribution < -0.4 is 29.6 Å². The molecule has 0 atom stereocenters. The largest absolute Gasteiger partial charge is 0.508 e. The van der Waals surface area contributed by atoms with Crippen LogP contribution >= 0.6 is 0 Å². The maximum Gasteiger partial charge on any atom is 0.501 e. The minimum atomic E-state index is -2.94. The molecule has 6 N–H and O–H groups in total. The Balaban J connectivity index is 0.000000382. The van der Waals surface area contributed by atoms with E-state index in [-0.39, 0.29) is 66.7 Å². The van der Waals surface area contributed by atoms with E-state index in [0.29, 0.717) is 167 Å². The summed E-state index contributed by atoms with van der Waals surface area (Å²) in [6, 6.07) is 36.2. The average molecular weight is 1600 g/mol. The molecule has 8 rings (SSSR count). The van der Waals surface area contributed by atoms with Gasteiger partial charge in [0.25, 0.3) is 6.26 Å². The fraction of sp³-hybridized carbons (Fsp3) is 0.464. The number of hydrogen-bond donors (Lipinski definition) is 6. The Labute approximate surface area is 662 Å². The van der Waals surface area contributed by atoms with Crippen LogP contribution in [0.15, 0.2) is 121 Å². The highest BCUT2D eigenvalue weighted by Gasteiger charge is 2.42. The molecule has 0 aliphatic carbocycles. The summed E-state index contributed by atoms with van der Waals surface area (Å²) in [6.45, 7) is 26.9. The molecule has 0 aliphatic rings. The van der Waals surface area contributed by atoms with Gasteiger partial charge in [0.05, 0.1) is 0 Å². The molecule has 0 saturated carbocycles. The molecule has 8 aromatic rings. The molecule has 0 fully saturated rings. The fourth-order valence-corrected chi connectivity index (χ4v) is 20.7. The van der Waals surface area contributed by atoms with Gasteiger partial charge in [-0.15, -0.1) is 0 Å². The highest BCUT2D eigenvalue weighted by atomic mass is 28.4. The van der Waals surface area contributed by atoms with E-state index in [0.717, 1.165) is 58.0 Å². The Bertz CT molecular complexity index is 4160. The minimum absolute atomic E-state index is 0.0781. The van der Waals surface area contributed by atoms with E-state index >= 15 is 0 Å². The van der Waals surface area contributed by atoms with Crippen molar-refractivity contribution in [3.8, 4) is 52.3 Å². The number of nitrogens with one attached hydrogen (secondary N) is 2. The lowest BCUT2D eigenvalue weighted by Crippen LogP contribution is -2.46. The van der Waals surface area contributed by atoms with Gasteiger partial charge in [-0.2, -0.15) is 5.26 Å². The van der Waals surface area contributed by atoms with Crippen molar-refractivity contribution in [3.63, 3.8) is 0 Å². The Kier molecular flexibility index (Phi) is 40.1. The molecule has 8 aromatic carbocycles. The number of rotatable bonds is 46. The maximum absolute atomic E-state index is 13.7. The first-order valence-corrected chi connectivity index (χ1v) is 45.1. The number of fused-ring (bicyclic) bond motifs is 4. The first kappa shape index (κ1) is 91.9. The number of benzene rings is 8. The zero-order valence-electron chi connectivity index (χ0n) is 66.9. The molecule has 0 spiro atoms. The monoisotopic (exact) mass is 1600 g/mol. The number of carbonyl (C=O) groups excluding carboxylic acids is 4. The number of phenolic OH excluding ortho intramolecular Hbond substituents is 4. The smallest absolute Gasteiger partial charge is 0.501 e. The third kappa shape index (κ3) is 28.6. The molecule has 0 radical (unpaired) electrons. The Hall–Kier alpha value is -8.94. The van der Waals surface area contributed by atoms with Gasteiger partial charge in [0.2, 0.25) is 0 Å². The van der Waals surface area contributed by atoms with Gasteiger partial charge in [0, 0.05) is 139 Å².